The Hall–Kier alpha value is -6.92. The number of hydrogen-bond donors (Lipinski definition) is 18. The minimum absolute atomic E-state index is 0.00210. The summed E-state index contributed by atoms with van der Waals surface area (Å²) in [6, 6.07) is -10.7. The van der Waals surface area contributed by atoms with E-state index in [9.17, 15) is 58.2 Å². The van der Waals surface area contributed by atoms with E-state index in [0.717, 1.165) is 0 Å². The highest BCUT2D eigenvalue weighted by molar-refractivity contribution is 5.97. The Morgan fingerprint density at radius 2 is 0.853 bits per heavy atom. The van der Waals surface area contributed by atoms with Crippen molar-refractivity contribution in [2.75, 3.05) is 39.3 Å². The predicted octanol–water partition coefficient (Wildman–Crippen LogP) is -6.77. The molecule has 0 spiro atoms. The number of aliphatic carboxylic acids is 1. The third-order valence-electron chi connectivity index (χ3n) is 11.2. The summed E-state index contributed by atoms with van der Waals surface area (Å²) >= 11 is 0. The molecule has 75 heavy (non-hydrogen) atoms. The molecule has 0 aromatic rings. The monoisotopic (exact) mass is 1070 g/mol. The highest BCUT2D eigenvalue weighted by Gasteiger charge is 2.34. The zero-order valence-corrected chi connectivity index (χ0v) is 43.7. The largest absolute Gasteiger partial charge is 0.480 e. The number of nitrogens with zero attached hydrogens (tertiary/aromatic N) is 2. The van der Waals surface area contributed by atoms with Crippen molar-refractivity contribution in [2.24, 2.45) is 67.7 Å². The third-order valence-corrected chi connectivity index (χ3v) is 11.2. The summed E-state index contributed by atoms with van der Waals surface area (Å²) in [5.41, 5.74) is 44.5. The van der Waals surface area contributed by atoms with E-state index in [0.29, 0.717) is 19.3 Å². The van der Waals surface area contributed by atoms with Crippen molar-refractivity contribution in [3.63, 3.8) is 0 Å². The van der Waals surface area contributed by atoms with Crippen molar-refractivity contribution in [3.8, 4) is 0 Å². The van der Waals surface area contributed by atoms with Crippen molar-refractivity contribution >= 4 is 71.1 Å². The van der Waals surface area contributed by atoms with E-state index in [-0.39, 0.29) is 114 Å². The minimum Gasteiger partial charge on any atom is -0.480 e. The molecule has 26 N–H and O–H groups in total. The molecule has 0 fully saturated rings. The van der Waals surface area contributed by atoms with E-state index in [1.165, 1.54) is 0 Å². The Bertz CT molecular complexity index is 1910. The van der Waals surface area contributed by atoms with Crippen LogP contribution in [0.5, 0.6) is 0 Å². The maximum Gasteiger partial charge on any atom is 0.326 e. The number of guanidine groups is 2. The fourth-order valence-electron chi connectivity index (χ4n) is 6.98. The number of rotatable bonds is 40. The number of hydrogen-bond acceptors (Lipinski definition) is 16. The smallest absolute Gasteiger partial charge is 0.326 e. The van der Waals surface area contributed by atoms with Crippen LogP contribution < -0.4 is 88.4 Å². The van der Waals surface area contributed by atoms with Gasteiger partial charge in [-0.2, -0.15) is 0 Å². The molecule has 8 atom stereocenters. The van der Waals surface area contributed by atoms with Gasteiger partial charge in [-0.05, 0) is 102 Å². The molecular formula is C45H86N18O12. The molecule has 0 aliphatic carbocycles. The lowest BCUT2D eigenvalue weighted by Gasteiger charge is -2.27. The molecule has 0 saturated carbocycles. The van der Waals surface area contributed by atoms with Gasteiger partial charge in [-0.25, -0.2) is 4.79 Å². The fourth-order valence-corrected chi connectivity index (χ4v) is 6.98. The van der Waals surface area contributed by atoms with Crippen LogP contribution in [-0.4, -0.2) is 169 Å². The molecule has 30 nitrogen and oxygen atoms in total. The maximum atomic E-state index is 14.2. The molecule has 0 radical (unpaired) electrons. The molecule has 0 aliphatic heterocycles. The number of unbranched alkanes of at least 4 members (excludes halogenated alkanes) is 2. The lowest BCUT2D eigenvalue weighted by atomic mass is 10.0. The quantitative estimate of drug-likeness (QED) is 0.0154. The first-order chi connectivity index (χ1) is 35.3. The van der Waals surface area contributed by atoms with Crippen LogP contribution in [0.1, 0.15) is 111 Å². The summed E-state index contributed by atoms with van der Waals surface area (Å²) in [6.07, 6.45) is 1.09. The summed E-state index contributed by atoms with van der Waals surface area (Å²) < 4.78 is 0. The average molecular weight is 1070 g/mol. The van der Waals surface area contributed by atoms with E-state index in [1.54, 1.807) is 27.7 Å². The Labute approximate surface area is 437 Å². The topological polar surface area (TPSA) is 540 Å². The van der Waals surface area contributed by atoms with Crippen LogP contribution >= 0.6 is 0 Å². The summed E-state index contributed by atoms with van der Waals surface area (Å²) in [7, 11) is 0. The van der Waals surface area contributed by atoms with Crippen molar-refractivity contribution in [3.05, 3.63) is 0 Å². The Kier molecular flexibility index (Phi) is 34.3. The van der Waals surface area contributed by atoms with Gasteiger partial charge in [0.1, 0.15) is 42.3 Å². The molecule has 0 rings (SSSR count). The number of aliphatic imine (C=N–C) groups is 2. The van der Waals surface area contributed by atoms with Gasteiger partial charge in [-0.15, -0.1) is 0 Å². The average Bonchev–Trinajstić information content (AvgIpc) is 3.33. The zero-order valence-electron chi connectivity index (χ0n) is 43.7. The van der Waals surface area contributed by atoms with Gasteiger partial charge < -0.3 is 98.6 Å². The number of carbonyl (C=O) groups excluding carboxylic acids is 9. The molecule has 0 bridgehead atoms. The van der Waals surface area contributed by atoms with E-state index >= 15 is 0 Å². The number of amides is 9. The first-order valence-electron chi connectivity index (χ1n) is 25.1. The van der Waals surface area contributed by atoms with Crippen LogP contribution in [0.25, 0.3) is 0 Å². The Morgan fingerprint density at radius 1 is 0.480 bits per heavy atom. The molecule has 0 unspecified atom stereocenters. The second kappa shape index (κ2) is 37.8. The van der Waals surface area contributed by atoms with Gasteiger partial charge >= 0.3 is 5.97 Å². The standard InChI is InChI=1S/C45H86N18O12/c1-24(2)21-31(43(74)75)63-40(71)27(12-6-8-18-47)58-38(69)28(13-9-19-54-44(50)51)60-39(70)29(14-10-20-55-45(52)53)59-37(68)26(11-5-7-17-46)61-41(72)32(23-64)57-34(66)22-56-36(67)30(15-16-33(48)65)62-42(73)35(49)25(3)4/h24-32,35,64H,5-23,46-47,49H2,1-4H3,(H2,48,65)(H,56,67)(H,57,66)(H,58,69)(H,59,68)(H,60,70)(H,61,72)(H,62,73)(H,63,71)(H,74,75)(H4,50,51,54)(H4,52,53,55)/t26-,27-,28-,29-,30-,31-,32-,35-/m0/s1. The van der Waals surface area contributed by atoms with Crippen LogP contribution in [0.4, 0.5) is 0 Å². The van der Waals surface area contributed by atoms with E-state index in [2.05, 4.69) is 52.5 Å². The number of carbonyl (C=O) groups is 10. The molecule has 0 aliphatic rings. The van der Waals surface area contributed by atoms with Gasteiger partial charge in [-0.1, -0.05) is 27.7 Å². The van der Waals surface area contributed by atoms with E-state index in [4.69, 9.17) is 45.9 Å². The molecule has 0 aromatic carbocycles. The number of carboxylic acid groups (broad SMARTS) is 1. The van der Waals surface area contributed by atoms with Gasteiger partial charge in [0, 0.05) is 19.5 Å². The lowest BCUT2D eigenvalue weighted by Crippen LogP contribution is -2.60. The lowest BCUT2D eigenvalue weighted by molar-refractivity contribution is -0.143. The molecule has 9 amide bonds. The van der Waals surface area contributed by atoms with Crippen LogP contribution in [0.15, 0.2) is 9.98 Å². The number of nitrogens with one attached hydrogen (secondary N) is 8. The Morgan fingerprint density at radius 3 is 1.20 bits per heavy atom. The minimum atomic E-state index is -1.68. The van der Waals surface area contributed by atoms with E-state index < -0.39 is 121 Å². The van der Waals surface area contributed by atoms with Crippen LogP contribution in [0.3, 0.4) is 0 Å². The maximum absolute atomic E-state index is 14.2. The van der Waals surface area contributed by atoms with Gasteiger partial charge in [0.25, 0.3) is 0 Å². The zero-order chi connectivity index (χ0) is 57.2. The third kappa shape index (κ3) is 30.1. The van der Waals surface area contributed by atoms with E-state index in [1.807, 2.05) is 0 Å². The van der Waals surface area contributed by atoms with Crippen molar-refractivity contribution in [1.82, 2.24) is 42.5 Å². The second-order valence-electron chi connectivity index (χ2n) is 18.6. The van der Waals surface area contributed by atoms with Gasteiger partial charge in [0.15, 0.2) is 11.9 Å². The molecule has 30 heteroatoms. The first-order valence-corrected chi connectivity index (χ1v) is 25.1. The highest BCUT2D eigenvalue weighted by Crippen LogP contribution is 2.11. The van der Waals surface area contributed by atoms with Crippen LogP contribution in [0.2, 0.25) is 0 Å². The molecule has 0 heterocycles. The number of aliphatic hydroxyl groups is 1. The summed E-state index contributed by atoms with van der Waals surface area (Å²) in [5, 5.41) is 39.8. The first kappa shape index (κ1) is 68.1. The van der Waals surface area contributed by atoms with Gasteiger partial charge in [0.05, 0.1) is 19.2 Å². The number of primary amides is 1. The second-order valence-corrected chi connectivity index (χ2v) is 18.6. The molecular weight excluding hydrogens is 985 g/mol. The number of nitrogens with two attached hydrogens (primary N) is 8. The SMILES string of the molecule is CC(C)C[C@H](NC(=O)[C@H](CCCCN)NC(=O)[C@H](CCCN=C(N)N)NC(=O)[C@H](CCCN=C(N)N)NC(=O)[C@H](CCCCN)NC(=O)[C@H](CO)NC(=O)CNC(=O)[C@H](CCC(N)=O)NC(=O)[C@@H](N)C(C)C)C(=O)O. The van der Waals surface area contributed by atoms with Gasteiger partial charge in [0.2, 0.25) is 53.2 Å². The number of aliphatic hydroxyl groups excluding tert-OH is 1. The summed E-state index contributed by atoms with van der Waals surface area (Å²) in [6.45, 7) is 5.67. The summed E-state index contributed by atoms with van der Waals surface area (Å²) in [4.78, 5) is 140. The normalized spacial score (nSPS) is 14.2. The Balaban J connectivity index is 6.67. The molecule has 428 valence electrons. The van der Waals surface area contributed by atoms with Crippen molar-refractivity contribution in [2.45, 2.75) is 160 Å². The highest BCUT2D eigenvalue weighted by atomic mass is 16.4. The summed E-state index contributed by atoms with van der Waals surface area (Å²) in [5.74, 6) is -9.96. The van der Waals surface area contributed by atoms with Crippen molar-refractivity contribution in [1.29, 1.82) is 0 Å². The number of carboxylic acids is 1. The van der Waals surface area contributed by atoms with Gasteiger partial charge in [-0.3, -0.25) is 53.1 Å². The van der Waals surface area contributed by atoms with Crippen LogP contribution in [-0.2, 0) is 47.9 Å². The molecule has 0 aromatic heterocycles. The predicted molar refractivity (Wildman–Crippen MR) is 278 cm³/mol. The molecule has 0 saturated heterocycles. The van der Waals surface area contributed by atoms with Crippen LogP contribution in [0, 0.1) is 11.8 Å². The fraction of sp³-hybridized carbons (Fsp3) is 0.733. The van der Waals surface area contributed by atoms with Crippen molar-refractivity contribution < 1.29 is 58.2 Å².